The minimum atomic E-state index is -0.236. The third kappa shape index (κ3) is 5.06. The molecule has 0 saturated carbocycles. The van der Waals surface area contributed by atoms with Crippen LogP contribution in [0.25, 0.3) is 0 Å². The van der Waals surface area contributed by atoms with Crippen LogP contribution in [0.3, 0.4) is 0 Å². The van der Waals surface area contributed by atoms with Crippen molar-refractivity contribution in [3.63, 3.8) is 0 Å². The molecule has 0 saturated heterocycles. The molecule has 0 bridgehead atoms. The van der Waals surface area contributed by atoms with Crippen molar-refractivity contribution in [1.29, 1.82) is 5.26 Å². The van der Waals surface area contributed by atoms with Gasteiger partial charge in [0.1, 0.15) is 0 Å². The first-order valence-corrected chi connectivity index (χ1v) is 6.22. The molecule has 0 fully saturated rings. The van der Waals surface area contributed by atoms with Crippen LogP contribution in [0.5, 0.6) is 0 Å². The molecule has 0 atom stereocenters. The summed E-state index contributed by atoms with van der Waals surface area (Å²) >= 11 is 0. The molecule has 0 radical (unpaired) electrons. The summed E-state index contributed by atoms with van der Waals surface area (Å²) in [5.74, 6) is 0. The zero-order valence-electron chi connectivity index (χ0n) is 11.3. The molecule has 17 heavy (non-hydrogen) atoms. The Kier molecular flexibility index (Phi) is 4.77. The first kappa shape index (κ1) is 13.8. The van der Waals surface area contributed by atoms with E-state index in [4.69, 9.17) is 5.26 Å². The minimum Gasteiger partial charge on any atom is -0.354 e. The van der Waals surface area contributed by atoms with E-state index in [1.807, 2.05) is 13.8 Å². The molecule has 0 aliphatic heterocycles. The van der Waals surface area contributed by atoms with Crippen LogP contribution >= 0.6 is 0 Å². The summed E-state index contributed by atoms with van der Waals surface area (Å²) in [7, 11) is 0. The Morgan fingerprint density at radius 1 is 1.47 bits per heavy atom. The fourth-order valence-electron chi connectivity index (χ4n) is 1.52. The number of hydrogen-bond acceptors (Lipinski definition) is 2. The van der Waals surface area contributed by atoms with Gasteiger partial charge in [-0.1, -0.05) is 13.8 Å². The Morgan fingerprint density at radius 3 is 2.76 bits per heavy atom. The lowest BCUT2D eigenvalue weighted by Gasteiger charge is -2.14. The Balaban J connectivity index is 2.44. The topological polar surface area (TPSA) is 40.8 Å². The zero-order chi connectivity index (χ0) is 12.9. The average molecular weight is 233 g/mol. The Bertz CT molecular complexity index is 382. The number of hydrogen-bond donors (Lipinski definition) is 1. The minimum absolute atomic E-state index is 0.236. The number of aromatic nitrogens is 1. The standard InChI is InChI=1S/C14H23N3/c1-12(2)16-9-13-5-7-17(10-13)8-6-14(3,4)11-15/h5,7,10,12,16H,6,8-9H2,1-4H3. The molecule has 94 valence electrons. The molecule has 0 spiro atoms. The van der Waals surface area contributed by atoms with Crippen molar-refractivity contribution < 1.29 is 0 Å². The quantitative estimate of drug-likeness (QED) is 0.820. The third-order valence-electron chi connectivity index (χ3n) is 2.82. The number of nitriles is 1. The summed E-state index contributed by atoms with van der Waals surface area (Å²) in [5.41, 5.74) is 1.06. The predicted molar refractivity (Wildman–Crippen MR) is 70.4 cm³/mol. The van der Waals surface area contributed by atoms with Gasteiger partial charge in [-0.15, -0.1) is 0 Å². The van der Waals surface area contributed by atoms with Crippen molar-refractivity contribution in [3.8, 4) is 6.07 Å². The van der Waals surface area contributed by atoms with Gasteiger partial charge >= 0.3 is 0 Å². The Labute approximate surface area is 104 Å². The van der Waals surface area contributed by atoms with Crippen LogP contribution in [-0.4, -0.2) is 10.6 Å². The van der Waals surface area contributed by atoms with Crippen LogP contribution in [-0.2, 0) is 13.1 Å². The molecule has 1 rings (SSSR count). The second-order valence-corrected chi connectivity index (χ2v) is 5.54. The fraction of sp³-hybridized carbons (Fsp3) is 0.643. The largest absolute Gasteiger partial charge is 0.354 e. The van der Waals surface area contributed by atoms with Gasteiger partial charge in [0.25, 0.3) is 0 Å². The lowest BCUT2D eigenvalue weighted by atomic mass is 9.91. The van der Waals surface area contributed by atoms with Gasteiger partial charge in [-0.25, -0.2) is 0 Å². The summed E-state index contributed by atoms with van der Waals surface area (Å²) in [5, 5.41) is 12.3. The van der Waals surface area contributed by atoms with Crippen LogP contribution in [0, 0.1) is 16.7 Å². The van der Waals surface area contributed by atoms with Gasteiger partial charge in [-0.3, -0.25) is 0 Å². The van der Waals surface area contributed by atoms with Crippen LogP contribution in [0.15, 0.2) is 18.5 Å². The van der Waals surface area contributed by atoms with Gasteiger partial charge in [0.05, 0.1) is 11.5 Å². The number of nitrogens with one attached hydrogen (secondary N) is 1. The van der Waals surface area contributed by atoms with E-state index in [2.05, 4.69) is 48.3 Å². The highest BCUT2D eigenvalue weighted by Crippen LogP contribution is 2.19. The van der Waals surface area contributed by atoms with E-state index in [9.17, 15) is 0 Å². The van der Waals surface area contributed by atoms with Gasteiger partial charge in [-0.05, 0) is 31.9 Å². The van der Waals surface area contributed by atoms with E-state index in [1.165, 1.54) is 5.56 Å². The monoisotopic (exact) mass is 233 g/mol. The van der Waals surface area contributed by atoms with Gasteiger partial charge in [0, 0.05) is 31.5 Å². The predicted octanol–water partition coefficient (Wildman–Crippen LogP) is 2.93. The highest BCUT2D eigenvalue weighted by atomic mass is 14.9. The molecule has 0 aromatic carbocycles. The van der Waals surface area contributed by atoms with Crippen molar-refractivity contribution in [2.45, 2.75) is 53.2 Å². The highest BCUT2D eigenvalue weighted by molar-refractivity contribution is 5.10. The molecule has 1 aromatic rings. The van der Waals surface area contributed by atoms with Crippen molar-refractivity contribution in [2.75, 3.05) is 0 Å². The van der Waals surface area contributed by atoms with Crippen LogP contribution in [0.4, 0.5) is 0 Å². The lowest BCUT2D eigenvalue weighted by Crippen LogP contribution is -2.21. The van der Waals surface area contributed by atoms with Gasteiger partial charge in [0.15, 0.2) is 0 Å². The summed E-state index contributed by atoms with van der Waals surface area (Å²) in [6.07, 6.45) is 5.13. The summed E-state index contributed by atoms with van der Waals surface area (Å²) in [6.45, 7) is 10.1. The van der Waals surface area contributed by atoms with E-state index >= 15 is 0 Å². The van der Waals surface area contributed by atoms with Crippen molar-refractivity contribution in [2.24, 2.45) is 5.41 Å². The van der Waals surface area contributed by atoms with Gasteiger partial charge in [-0.2, -0.15) is 5.26 Å². The van der Waals surface area contributed by atoms with E-state index in [-0.39, 0.29) is 5.41 Å². The molecule has 1 aromatic heterocycles. The fourth-order valence-corrected chi connectivity index (χ4v) is 1.52. The molecule has 0 unspecified atom stereocenters. The second-order valence-electron chi connectivity index (χ2n) is 5.54. The Morgan fingerprint density at radius 2 is 2.18 bits per heavy atom. The van der Waals surface area contributed by atoms with E-state index in [1.54, 1.807) is 0 Å². The summed E-state index contributed by atoms with van der Waals surface area (Å²) in [6, 6.07) is 4.98. The maximum absolute atomic E-state index is 8.95. The zero-order valence-corrected chi connectivity index (χ0v) is 11.3. The summed E-state index contributed by atoms with van der Waals surface area (Å²) < 4.78 is 2.16. The molecular formula is C14H23N3. The number of nitrogens with zero attached hydrogens (tertiary/aromatic N) is 2. The van der Waals surface area contributed by atoms with Crippen LogP contribution in [0.2, 0.25) is 0 Å². The molecule has 3 nitrogen and oxygen atoms in total. The molecular weight excluding hydrogens is 210 g/mol. The first-order chi connectivity index (χ1) is 7.93. The molecule has 0 aliphatic rings. The van der Waals surface area contributed by atoms with Crippen molar-refractivity contribution >= 4 is 0 Å². The highest BCUT2D eigenvalue weighted by Gasteiger charge is 2.15. The number of rotatable bonds is 6. The van der Waals surface area contributed by atoms with E-state index in [0.717, 1.165) is 19.5 Å². The molecule has 1 N–H and O–H groups in total. The van der Waals surface area contributed by atoms with E-state index < -0.39 is 0 Å². The maximum atomic E-state index is 8.95. The van der Waals surface area contributed by atoms with Gasteiger partial charge < -0.3 is 9.88 Å². The molecule has 0 amide bonds. The SMILES string of the molecule is CC(C)NCc1ccn(CCC(C)(C)C#N)c1. The number of aryl methyl sites for hydroxylation is 1. The van der Waals surface area contributed by atoms with Crippen LogP contribution in [0.1, 0.15) is 39.7 Å². The second kappa shape index (κ2) is 5.88. The maximum Gasteiger partial charge on any atom is 0.0684 e. The average Bonchev–Trinajstić information content (AvgIpc) is 2.72. The normalized spacial score (nSPS) is 11.8. The van der Waals surface area contributed by atoms with Crippen LogP contribution < -0.4 is 5.32 Å². The summed E-state index contributed by atoms with van der Waals surface area (Å²) in [4.78, 5) is 0. The molecule has 0 aliphatic carbocycles. The Hall–Kier alpha value is -1.27. The molecule has 3 heteroatoms. The smallest absolute Gasteiger partial charge is 0.0684 e. The van der Waals surface area contributed by atoms with E-state index in [0.29, 0.717) is 6.04 Å². The molecule has 1 heterocycles. The van der Waals surface area contributed by atoms with Gasteiger partial charge in [0.2, 0.25) is 0 Å². The third-order valence-corrected chi connectivity index (χ3v) is 2.82. The van der Waals surface area contributed by atoms with Crippen molar-refractivity contribution in [1.82, 2.24) is 9.88 Å². The lowest BCUT2D eigenvalue weighted by molar-refractivity contribution is 0.413. The first-order valence-electron chi connectivity index (χ1n) is 6.22. The van der Waals surface area contributed by atoms with Crippen molar-refractivity contribution in [3.05, 3.63) is 24.0 Å².